The van der Waals surface area contributed by atoms with E-state index in [0.717, 1.165) is 48.4 Å². The molecule has 2 atom stereocenters. The van der Waals surface area contributed by atoms with Gasteiger partial charge in [0.1, 0.15) is 5.76 Å². The summed E-state index contributed by atoms with van der Waals surface area (Å²) < 4.78 is 7.36. The van der Waals surface area contributed by atoms with E-state index >= 15 is 0 Å². The second-order valence-corrected chi connectivity index (χ2v) is 8.46. The lowest BCUT2D eigenvalue weighted by Crippen LogP contribution is -2.30. The van der Waals surface area contributed by atoms with Gasteiger partial charge in [0, 0.05) is 30.3 Å². The van der Waals surface area contributed by atoms with Gasteiger partial charge in [0.25, 0.3) is 5.91 Å². The highest BCUT2D eigenvalue weighted by molar-refractivity contribution is 5.94. The Bertz CT molecular complexity index is 797. The van der Waals surface area contributed by atoms with Crippen LogP contribution >= 0.6 is 0 Å². The van der Waals surface area contributed by atoms with Crippen molar-refractivity contribution in [3.05, 3.63) is 34.5 Å². The van der Waals surface area contributed by atoms with Crippen LogP contribution in [0.15, 0.2) is 10.7 Å². The van der Waals surface area contributed by atoms with Crippen LogP contribution in [0.2, 0.25) is 0 Å². The Labute approximate surface area is 155 Å². The molecule has 0 spiro atoms. The lowest BCUT2D eigenvalue weighted by molar-refractivity contribution is 0.0929. The van der Waals surface area contributed by atoms with Gasteiger partial charge in [0.2, 0.25) is 0 Å². The molecule has 6 nitrogen and oxygen atoms in total. The van der Waals surface area contributed by atoms with Crippen LogP contribution in [0.3, 0.4) is 0 Å². The van der Waals surface area contributed by atoms with Crippen molar-refractivity contribution >= 4 is 5.91 Å². The van der Waals surface area contributed by atoms with Crippen LogP contribution in [-0.2, 0) is 19.4 Å². The number of carbonyl (C=O) groups excluding carboxylic acids is 1. The monoisotopic (exact) mass is 358 g/mol. The zero-order chi connectivity index (χ0) is 19.1. The molecule has 0 saturated heterocycles. The van der Waals surface area contributed by atoms with Gasteiger partial charge in [0.15, 0.2) is 5.69 Å². The molecule has 3 rings (SSSR count). The molecular weight excluding hydrogens is 328 g/mol. The molecule has 1 aliphatic carbocycles. The van der Waals surface area contributed by atoms with Gasteiger partial charge in [0.05, 0.1) is 11.7 Å². The molecule has 2 aromatic rings. The fraction of sp³-hybridized carbons (Fsp3) is 0.650. The Morgan fingerprint density at radius 2 is 2.19 bits per heavy atom. The Balaban J connectivity index is 1.77. The first-order valence-corrected chi connectivity index (χ1v) is 9.53. The van der Waals surface area contributed by atoms with E-state index in [4.69, 9.17) is 4.52 Å². The van der Waals surface area contributed by atoms with E-state index in [1.165, 1.54) is 0 Å². The maximum atomic E-state index is 12.8. The minimum absolute atomic E-state index is 0.128. The Kier molecular flexibility index (Phi) is 4.95. The summed E-state index contributed by atoms with van der Waals surface area (Å²) in [7, 11) is 0. The number of nitrogens with zero attached hydrogens (tertiary/aromatic N) is 3. The summed E-state index contributed by atoms with van der Waals surface area (Å²) >= 11 is 0. The molecule has 0 bridgehead atoms. The van der Waals surface area contributed by atoms with Crippen molar-refractivity contribution < 1.29 is 9.32 Å². The van der Waals surface area contributed by atoms with Gasteiger partial charge in [-0.3, -0.25) is 9.48 Å². The summed E-state index contributed by atoms with van der Waals surface area (Å²) in [4.78, 5) is 12.8. The van der Waals surface area contributed by atoms with E-state index < -0.39 is 0 Å². The predicted octanol–water partition coefficient (Wildman–Crippen LogP) is 3.84. The zero-order valence-corrected chi connectivity index (χ0v) is 16.7. The van der Waals surface area contributed by atoms with E-state index in [-0.39, 0.29) is 17.4 Å². The number of hydrogen-bond donors (Lipinski definition) is 1. The fourth-order valence-electron chi connectivity index (χ4n) is 3.78. The molecule has 2 aromatic heterocycles. The third-order valence-corrected chi connectivity index (χ3v) is 5.60. The number of aromatic nitrogens is 3. The summed E-state index contributed by atoms with van der Waals surface area (Å²) in [5, 5.41) is 11.6. The van der Waals surface area contributed by atoms with E-state index in [1.54, 1.807) is 0 Å². The van der Waals surface area contributed by atoms with Crippen molar-refractivity contribution in [2.24, 2.45) is 11.3 Å². The highest BCUT2D eigenvalue weighted by atomic mass is 16.5. The van der Waals surface area contributed by atoms with Crippen LogP contribution in [0.25, 0.3) is 0 Å². The van der Waals surface area contributed by atoms with Gasteiger partial charge in [-0.15, -0.1) is 0 Å². The number of fused-ring (bicyclic) bond motifs is 1. The van der Waals surface area contributed by atoms with Crippen molar-refractivity contribution in [1.29, 1.82) is 0 Å². The quantitative estimate of drug-likeness (QED) is 0.901. The predicted molar refractivity (Wildman–Crippen MR) is 100.0 cm³/mol. The van der Waals surface area contributed by atoms with Gasteiger partial charge >= 0.3 is 0 Å². The summed E-state index contributed by atoms with van der Waals surface area (Å²) in [6, 6.07) is -0.128. The molecule has 6 heteroatoms. The van der Waals surface area contributed by atoms with Crippen molar-refractivity contribution in [3.63, 3.8) is 0 Å². The van der Waals surface area contributed by atoms with Crippen molar-refractivity contribution in [2.75, 3.05) is 0 Å². The molecule has 1 amide bonds. The van der Waals surface area contributed by atoms with Crippen molar-refractivity contribution in [2.45, 2.75) is 73.4 Å². The topological polar surface area (TPSA) is 73.0 Å². The van der Waals surface area contributed by atoms with E-state index in [9.17, 15) is 4.79 Å². The van der Waals surface area contributed by atoms with Crippen LogP contribution in [0.1, 0.15) is 80.2 Å². The molecule has 0 saturated carbocycles. The van der Waals surface area contributed by atoms with Gasteiger partial charge in [-0.05, 0) is 44.9 Å². The lowest BCUT2D eigenvalue weighted by Gasteiger charge is -2.33. The summed E-state index contributed by atoms with van der Waals surface area (Å²) in [5.74, 6) is 1.24. The maximum absolute atomic E-state index is 12.8. The number of carbonyl (C=O) groups is 1. The number of amides is 1. The minimum atomic E-state index is -0.166. The number of aryl methyl sites for hydroxylation is 3. The average molecular weight is 358 g/mol. The fourth-order valence-corrected chi connectivity index (χ4v) is 3.78. The SMILES string of the molecule is CCn1cc([C@H](C)NC(=O)c2noc3c2C[C@H](C(C)(C)C)CC3)c(C)n1. The van der Waals surface area contributed by atoms with Crippen LogP contribution in [0, 0.1) is 18.3 Å². The van der Waals surface area contributed by atoms with Gasteiger partial charge < -0.3 is 9.84 Å². The van der Waals surface area contributed by atoms with Crippen LogP contribution in [0.4, 0.5) is 0 Å². The first kappa shape index (κ1) is 18.7. The van der Waals surface area contributed by atoms with Crippen molar-refractivity contribution in [1.82, 2.24) is 20.3 Å². The Hall–Kier alpha value is -2.11. The molecule has 0 aliphatic heterocycles. The Morgan fingerprint density at radius 1 is 1.46 bits per heavy atom. The van der Waals surface area contributed by atoms with E-state index in [0.29, 0.717) is 11.6 Å². The van der Waals surface area contributed by atoms with E-state index in [2.05, 4.69) is 36.3 Å². The Morgan fingerprint density at radius 3 is 2.81 bits per heavy atom. The maximum Gasteiger partial charge on any atom is 0.274 e. The number of rotatable bonds is 4. The van der Waals surface area contributed by atoms with Gasteiger partial charge in [-0.1, -0.05) is 25.9 Å². The molecular formula is C20H30N4O2. The van der Waals surface area contributed by atoms with Gasteiger partial charge in [-0.25, -0.2) is 0 Å². The lowest BCUT2D eigenvalue weighted by atomic mass is 9.71. The molecule has 2 heterocycles. The summed E-state index contributed by atoms with van der Waals surface area (Å²) in [5.41, 5.74) is 3.62. The van der Waals surface area contributed by atoms with Crippen molar-refractivity contribution in [3.8, 4) is 0 Å². The minimum Gasteiger partial charge on any atom is -0.360 e. The zero-order valence-electron chi connectivity index (χ0n) is 16.7. The highest BCUT2D eigenvalue weighted by Crippen LogP contribution is 2.38. The average Bonchev–Trinajstić information content (AvgIpc) is 3.16. The second kappa shape index (κ2) is 6.89. The largest absolute Gasteiger partial charge is 0.360 e. The third-order valence-electron chi connectivity index (χ3n) is 5.60. The molecule has 142 valence electrons. The van der Waals surface area contributed by atoms with E-state index in [1.807, 2.05) is 31.6 Å². The smallest absolute Gasteiger partial charge is 0.274 e. The molecule has 0 unspecified atom stereocenters. The summed E-state index contributed by atoms with van der Waals surface area (Å²) in [6.07, 6.45) is 4.79. The number of nitrogens with one attached hydrogen (secondary N) is 1. The molecule has 26 heavy (non-hydrogen) atoms. The van der Waals surface area contributed by atoms with Crippen LogP contribution < -0.4 is 5.32 Å². The third kappa shape index (κ3) is 3.55. The van der Waals surface area contributed by atoms with Crippen LogP contribution in [-0.4, -0.2) is 20.8 Å². The standard InChI is InChI=1S/C20H30N4O2/c1-7-24-11-16(13(3)22-24)12(2)21-19(25)18-15-10-14(20(4,5)6)8-9-17(15)26-23-18/h11-12,14H,7-10H2,1-6H3,(H,21,25)/t12-,14+/m0/s1. The first-order valence-electron chi connectivity index (χ1n) is 9.53. The molecule has 1 N–H and O–H groups in total. The van der Waals surface area contributed by atoms with Gasteiger partial charge in [-0.2, -0.15) is 5.10 Å². The highest BCUT2D eigenvalue weighted by Gasteiger charge is 2.34. The summed E-state index contributed by atoms with van der Waals surface area (Å²) in [6.45, 7) is 13.6. The normalized spacial score (nSPS) is 18.5. The molecule has 0 fully saturated rings. The first-order chi connectivity index (χ1) is 12.2. The number of hydrogen-bond acceptors (Lipinski definition) is 4. The molecule has 1 aliphatic rings. The second-order valence-electron chi connectivity index (χ2n) is 8.46. The molecule has 0 aromatic carbocycles. The molecule has 0 radical (unpaired) electrons. The van der Waals surface area contributed by atoms with Crippen LogP contribution in [0.5, 0.6) is 0 Å².